The summed E-state index contributed by atoms with van der Waals surface area (Å²) in [6.07, 6.45) is 3.84. The first-order chi connectivity index (χ1) is 7.66. The Hall–Kier alpha value is -1.22. The monoisotopic (exact) mass is 234 g/mol. The molecule has 2 aromatic rings. The van der Waals surface area contributed by atoms with Crippen molar-refractivity contribution in [2.75, 3.05) is 0 Å². The average Bonchev–Trinajstić information content (AvgIpc) is 2.68. The van der Waals surface area contributed by atoms with Crippen LogP contribution in [0.25, 0.3) is 5.69 Å². The molecular weight excluding hydrogens is 216 g/mol. The fraction of sp³-hybridized carbons (Fsp3) is 0.308. The first kappa shape index (κ1) is 12.8. The highest BCUT2D eigenvalue weighted by Crippen LogP contribution is 2.17. The first-order valence-corrected chi connectivity index (χ1v) is 5.92. The molecule has 1 aromatic carbocycles. The minimum Gasteiger partial charge on any atom is -0.306 e. The zero-order chi connectivity index (χ0) is 12.1. The van der Waals surface area contributed by atoms with E-state index in [4.69, 9.17) is 0 Å². The highest BCUT2D eigenvalue weighted by molar-refractivity contribution is 7.80. The summed E-state index contributed by atoms with van der Waals surface area (Å²) in [5.41, 5.74) is 3.39. The summed E-state index contributed by atoms with van der Waals surface area (Å²) in [4.78, 5) is 5.19. The summed E-state index contributed by atoms with van der Waals surface area (Å²) >= 11 is 4.29. The lowest BCUT2D eigenvalue weighted by Gasteiger charge is -2.06. The van der Waals surface area contributed by atoms with Gasteiger partial charge in [-0.25, -0.2) is 4.98 Å². The molecule has 1 aromatic heterocycles. The second-order valence-electron chi connectivity index (χ2n) is 3.39. The Bertz CT molecular complexity index is 461. The minimum absolute atomic E-state index is 0.989. The van der Waals surface area contributed by atoms with Crippen LogP contribution < -0.4 is 0 Å². The van der Waals surface area contributed by atoms with Gasteiger partial charge in [-0.1, -0.05) is 13.8 Å². The van der Waals surface area contributed by atoms with E-state index in [2.05, 4.69) is 30.6 Å². The number of benzene rings is 1. The smallest absolute Gasteiger partial charge is 0.0995 e. The van der Waals surface area contributed by atoms with Crippen LogP contribution in [0.4, 0.5) is 0 Å². The van der Waals surface area contributed by atoms with Gasteiger partial charge in [0.2, 0.25) is 0 Å². The molecule has 0 N–H and O–H groups in total. The number of nitrogens with zero attached hydrogens (tertiary/aromatic N) is 2. The molecule has 3 heteroatoms. The fourth-order valence-electron chi connectivity index (χ4n) is 1.48. The van der Waals surface area contributed by atoms with Gasteiger partial charge in [-0.05, 0) is 37.6 Å². The predicted octanol–water partition coefficient (Wildman–Crippen LogP) is 3.80. The second-order valence-corrected chi connectivity index (χ2v) is 3.91. The van der Waals surface area contributed by atoms with Crippen LogP contribution in [0.5, 0.6) is 0 Å². The van der Waals surface area contributed by atoms with Gasteiger partial charge in [0.15, 0.2) is 0 Å². The van der Waals surface area contributed by atoms with Crippen molar-refractivity contribution in [1.29, 1.82) is 0 Å². The molecule has 2 nitrogen and oxygen atoms in total. The minimum atomic E-state index is 0.989. The predicted molar refractivity (Wildman–Crippen MR) is 71.6 cm³/mol. The van der Waals surface area contributed by atoms with E-state index in [0.717, 1.165) is 16.3 Å². The SMILES string of the molecule is CC.Cc1cn(-c2ccc(S)cc2C)cn1. The highest BCUT2D eigenvalue weighted by atomic mass is 32.1. The Kier molecular flexibility index (Phi) is 4.62. The summed E-state index contributed by atoms with van der Waals surface area (Å²) < 4.78 is 2.03. The van der Waals surface area contributed by atoms with Crippen molar-refractivity contribution in [3.8, 4) is 5.69 Å². The molecular formula is C13H18N2S. The van der Waals surface area contributed by atoms with Gasteiger partial charge in [-0.3, -0.25) is 0 Å². The van der Waals surface area contributed by atoms with Gasteiger partial charge in [-0.2, -0.15) is 0 Å². The number of hydrogen-bond donors (Lipinski definition) is 1. The van der Waals surface area contributed by atoms with Crippen LogP contribution in [-0.2, 0) is 0 Å². The van der Waals surface area contributed by atoms with Crippen LogP contribution in [-0.4, -0.2) is 9.55 Å². The summed E-state index contributed by atoms with van der Waals surface area (Å²) in [6.45, 7) is 8.06. The third-order valence-corrected chi connectivity index (χ3v) is 2.45. The van der Waals surface area contributed by atoms with E-state index in [1.165, 1.54) is 5.56 Å². The topological polar surface area (TPSA) is 17.8 Å². The van der Waals surface area contributed by atoms with E-state index in [1.807, 2.05) is 50.0 Å². The number of aryl methyl sites for hydroxylation is 2. The van der Waals surface area contributed by atoms with Gasteiger partial charge >= 0.3 is 0 Å². The van der Waals surface area contributed by atoms with Crippen molar-refractivity contribution in [3.05, 3.63) is 42.0 Å². The van der Waals surface area contributed by atoms with E-state index >= 15 is 0 Å². The van der Waals surface area contributed by atoms with Gasteiger partial charge in [0.05, 0.1) is 12.0 Å². The first-order valence-electron chi connectivity index (χ1n) is 5.47. The van der Waals surface area contributed by atoms with E-state index in [-0.39, 0.29) is 0 Å². The Morgan fingerprint density at radius 2 is 1.88 bits per heavy atom. The number of imidazole rings is 1. The molecule has 0 radical (unpaired) electrons. The molecule has 0 spiro atoms. The quantitative estimate of drug-likeness (QED) is 0.743. The molecule has 16 heavy (non-hydrogen) atoms. The lowest BCUT2D eigenvalue weighted by atomic mass is 10.2. The maximum atomic E-state index is 4.29. The second kappa shape index (κ2) is 5.75. The maximum absolute atomic E-state index is 4.29. The Balaban J connectivity index is 0.000000606. The van der Waals surface area contributed by atoms with Crippen LogP contribution in [0, 0.1) is 13.8 Å². The van der Waals surface area contributed by atoms with E-state index < -0.39 is 0 Å². The number of thiol groups is 1. The van der Waals surface area contributed by atoms with Crippen molar-refractivity contribution in [3.63, 3.8) is 0 Å². The lowest BCUT2D eigenvalue weighted by Crippen LogP contribution is -1.93. The molecule has 0 saturated carbocycles. The third-order valence-electron chi connectivity index (χ3n) is 2.17. The summed E-state index contributed by atoms with van der Waals surface area (Å²) in [5, 5.41) is 0. The molecule has 0 fully saturated rings. The molecule has 0 saturated heterocycles. The summed E-state index contributed by atoms with van der Waals surface area (Å²) in [7, 11) is 0. The molecule has 0 aliphatic carbocycles. The molecule has 0 bridgehead atoms. The zero-order valence-corrected chi connectivity index (χ0v) is 11.1. The standard InChI is InChI=1S/C11H12N2S.C2H6/c1-8-5-10(14)3-4-11(8)13-6-9(2)12-7-13;1-2/h3-7,14H,1-2H3;1-2H3. The highest BCUT2D eigenvalue weighted by Gasteiger charge is 2.01. The molecule has 86 valence electrons. The fourth-order valence-corrected chi connectivity index (χ4v) is 1.75. The summed E-state index contributed by atoms with van der Waals surface area (Å²) in [5.74, 6) is 0. The van der Waals surface area contributed by atoms with Crippen LogP contribution in [0.3, 0.4) is 0 Å². The van der Waals surface area contributed by atoms with Gasteiger partial charge in [0.25, 0.3) is 0 Å². The van der Waals surface area contributed by atoms with Crippen LogP contribution >= 0.6 is 12.6 Å². The number of hydrogen-bond acceptors (Lipinski definition) is 2. The molecule has 0 aliphatic heterocycles. The van der Waals surface area contributed by atoms with Crippen molar-refractivity contribution < 1.29 is 0 Å². The van der Waals surface area contributed by atoms with Crippen molar-refractivity contribution >= 4 is 12.6 Å². The van der Waals surface area contributed by atoms with Crippen molar-refractivity contribution in [2.45, 2.75) is 32.6 Å². The molecule has 0 aliphatic rings. The van der Waals surface area contributed by atoms with E-state index in [1.54, 1.807) is 0 Å². The normalized spacial score (nSPS) is 9.56. The zero-order valence-electron chi connectivity index (χ0n) is 10.2. The maximum Gasteiger partial charge on any atom is 0.0995 e. The van der Waals surface area contributed by atoms with Crippen molar-refractivity contribution in [2.24, 2.45) is 0 Å². The Morgan fingerprint density at radius 3 is 2.38 bits per heavy atom. The molecule has 2 rings (SSSR count). The van der Waals surface area contributed by atoms with Crippen LogP contribution in [0.2, 0.25) is 0 Å². The van der Waals surface area contributed by atoms with E-state index in [9.17, 15) is 0 Å². The average molecular weight is 234 g/mol. The van der Waals surface area contributed by atoms with Gasteiger partial charge in [0.1, 0.15) is 0 Å². The number of aromatic nitrogens is 2. The Labute approximate surface area is 103 Å². The van der Waals surface area contributed by atoms with Gasteiger partial charge < -0.3 is 4.57 Å². The van der Waals surface area contributed by atoms with Crippen LogP contribution in [0.1, 0.15) is 25.1 Å². The Morgan fingerprint density at radius 1 is 1.19 bits per heavy atom. The molecule has 0 unspecified atom stereocenters. The number of rotatable bonds is 1. The van der Waals surface area contributed by atoms with Gasteiger partial charge in [-0.15, -0.1) is 12.6 Å². The van der Waals surface area contributed by atoms with E-state index in [0.29, 0.717) is 0 Å². The lowest BCUT2D eigenvalue weighted by molar-refractivity contribution is 1.03. The van der Waals surface area contributed by atoms with Gasteiger partial charge in [0, 0.05) is 16.8 Å². The van der Waals surface area contributed by atoms with Crippen molar-refractivity contribution in [1.82, 2.24) is 9.55 Å². The third kappa shape index (κ3) is 2.89. The molecule has 0 amide bonds. The molecule has 0 atom stereocenters. The van der Waals surface area contributed by atoms with Crippen LogP contribution in [0.15, 0.2) is 35.6 Å². The molecule has 1 heterocycles. The summed E-state index contributed by atoms with van der Waals surface area (Å²) in [6, 6.07) is 6.09. The largest absolute Gasteiger partial charge is 0.306 e.